The van der Waals surface area contributed by atoms with E-state index in [0.717, 1.165) is 12.1 Å². The summed E-state index contributed by atoms with van der Waals surface area (Å²) in [6.45, 7) is 1.25. The van der Waals surface area contributed by atoms with Gasteiger partial charge in [0.25, 0.3) is 0 Å². The second-order valence-corrected chi connectivity index (χ2v) is 4.22. The first-order chi connectivity index (χ1) is 8.95. The highest BCUT2D eigenvalue weighted by molar-refractivity contribution is 6.31. The number of hydrogen-bond donors (Lipinski definition) is 2. The molecule has 0 aromatic heterocycles. The summed E-state index contributed by atoms with van der Waals surface area (Å²) >= 11 is 5.84. The van der Waals surface area contributed by atoms with Crippen molar-refractivity contribution in [2.45, 2.75) is 12.7 Å². The minimum atomic E-state index is -4.37. The quantitative estimate of drug-likeness (QED) is 0.760. The number of aliphatic hydroxyl groups excluding tert-OH is 1. The maximum Gasteiger partial charge on any atom is 0.416 e. The summed E-state index contributed by atoms with van der Waals surface area (Å²) in [5.74, 6) is 0. The number of hydrogen-bond acceptors (Lipinski definition) is 3. The molecule has 0 heterocycles. The van der Waals surface area contributed by atoms with Crippen molar-refractivity contribution in [1.29, 1.82) is 0 Å². The van der Waals surface area contributed by atoms with Crippen LogP contribution in [0.5, 0.6) is 0 Å². The predicted molar refractivity (Wildman–Crippen MR) is 66.1 cm³/mol. The lowest BCUT2D eigenvalue weighted by Gasteiger charge is -2.11. The topological polar surface area (TPSA) is 41.5 Å². The SMILES string of the molecule is OCCOCCNCc1cc(C(F)(F)F)ccc1Cl. The fourth-order valence-electron chi connectivity index (χ4n) is 1.42. The number of benzene rings is 1. The van der Waals surface area contributed by atoms with Crippen LogP contribution in [0.3, 0.4) is 0 Å². The Bertz CT molecular complexity index is 399. The third-order valence-electron chi connectivity index (χ3n) is 2.35. The van der Waals surface area contributed by atoms with Crippen molar-refractivity contribution in [1.82, 2.24) is 5.32 Å². The molecule has 0 saturated carbocycles. The summed E-state index contributed by atoms with van der Waals surface area (Å²) < 4.78 is 42.6. The molecule has 1 rings (SSSR count). The lowest BCUT2D eigenvalue weighted by Crippen LogP contribution is -2.20. The van der Waals surface area contributed by atoms with Crippen LogP contribution in [-0.2, 0) is 17.5 Å². The minimum Gasteiger partial charge on any atom is -0.394 e. The van der Waals surface area contributed by atoms with Gasteiger partial charge in [-0.1, -0.05) is 11.6 Å². The summed E-state index contributed by atoms with van der Waals surface area (Å²) in [5, 5.41) is 11.7. The Morgan fingerprint density at radius 3 is 2.63 bits per heavy atom. The zero-order valence-corrected chi connectivity index (χ0v) is 10.9. The molecule has 0 bridgehead atoms. The van der Waals surface area contributed by atoms with Crippen LogP contribution in [0.25, 0.3) is 0 Å². The van der Waals surface area contributed by atoms with Crippen LogP contribution >= 0.6 is 11.6 Å². The largest absolute Gasteiger partial charge is 0.416 e. The van der Waals surface area contributed by atoms with Crippen molar-refractivity contribution < 1.29 is 23.0 Å². The van der Waals surface area contributed by atoms with Gasteiger partial charge in [0.1, 0.15) is 0 Å². The molecule has 0 spiro atoms. The van der Waals surface area contributed by atoms with Crippen molar-refractivity contribution in [3.8, 4) is 0 Å². The molecule has 7 heteroatoms. The molecule has 108 valence electrons. The molecule has 1 aromatic rings. The number of alkyl halides is 3. The van der Waals surface area contributed by atoms with Crippen molar-refractivity contribution in [2.75, 3.05) is 26.4 Å². The average Bonchev–Trinajstić information content (AvgIpc) is 2.34. The van der Waals surface area contributed by atoms with Gasteiger partial charge in [0.05, 0.1) is 25.4 Å². The maximum atomic E-state index is 12.5. The summed E-state index contributed by atoms with van der Waals surface area (Å²) in [5.41, 5.74) is -0.330. The van der Waals surface area contributed by atoms with Gasteiger partial charge in [-0.3, -0.25) is 0 Å². The Morgan fingerprint density at radius 1 is 1.26 bits per heavy atom. The van der Waals surface area contributed by atoms with Crippen molar-refractivity contribution in [3.05, 3.63) is 34.3 Å². The van der Waals surface area contributed by atoms with Gasteiger partial charge >= 0.3 is 6.18 Å². The zero-order valence-electron chi connectivity index (χ0n) is 10.1. The van der Waals surface area contributed by atoms with E-state index in [0.29, 0.717) is 18.7 Å². The second-order valence-electron chi connectivity index (χ2n) is 3.82. The Labute approximate surface area is 114 Å². The summed E-state index contributed by atoms with van der Waals surface area (Å²) in [6.07, 6.45) is -4.37. The first-order valence-electron chi connectivity index (χ1n) is 5.70. The Balaban J connectivity index is 2.49. The van der Waals surface area contributed by atoms with E-state index in [2.05, 4.69) is 5.32 Å². The van der Waals surface area contributed by atoms with E-state index in [1.54, 1.807) is 0 Å². The van der Waals surface area contributed by atoms with Crippen molar-refractivity contribution in [2.24, 2.45) is 0 Å². The van der Waals surface area contributed by atoms with Gasteiger partial charge in [0.15, 0.2) is 0 Å². The van der Waals surface area contributed by atoms with E-state index >= 15 is 0 Å². The molecule has 0 saturated heterocycles. The van der Waals surface area contributed by atoms with Gasteiger partial charge in [-0.2, -0.15) is 13.2 Å². The van der Waals surface area contributed by atoms with Gasteiger partial charge in [0.2, 0.25) is 0 Å². The average molecular weight is 298 g/mol. The standard InChI is InChI=1S/C12H15ClF3NO2/c13-11-2-1-10(12(14,15)16)7-9(11)8-17-3-5-19-6-4-18/h1-2,7,17-18H,3-6,8H2. The minimum absolute atomic E-state index is 0.0561. The molecule has 0 unspecified atom stereocenters. The molecule has 3 nitrogen and oxygen atoms in total. The maximum absolute atomic E-state index is 12.5. The number of aliphatic hydroxyl groups is 1. The van der Waals surface area contributed by atoms with Gasteiger partial charge in [-0.05, 0) is 23.8 Å². The highest BCUT2D eigenvalue weighted by atomic mass is 35.5. The first-order valence-corrected chi connectivity index (χ1v) is 6.08. The monoisotopic (exact) mass is 297 g/mol. The van der Waals surface area contributed by atoms with Gasteiger partial charge in [0, 0.05) is 18.1 Å². The summed E-state index contributed by atoms with van der Waals surface area (Å²) in [7, 11) is 0. The van der Waals surface area contributed by atoms with E-state index < -0.39 is 11.7 Å². The highest BCUT2D eigenvalue weighted by Crippen LogP contribution is 2.31. The van der Waals surface area contributed by atoms with E-state index in [1.807, 2.05) is 0 Å². The van der Waals surface area contributed by atoms with Crippen LogP contribution in [0.4, 0.5) is 13.2 Å². The molecule has 0 aliphatic carbocycles. The molecule has 19 heavy (non-hydrogen) atoms. The fraction of sp³-hybridized carbons (Fsp3) is 0.500. The van der Waals surface area contributed by atoms with Crippen molar-refractivity contribution >= 4 is 11.6 Å². The van der Waals surface area contributed by atoms with E-state index in [-0.39, 0.29) is 24.8 Å². The smallest absolute Gasteiger partial charge is 0.394 e. The van der Waals surface area contributed by atoms with Gasteiger partial charge in [-0.25, -0.2) is 0 Å². The third-order valence-corrected chi connectivity index (χ3v) is 2.72. The predicted octanol–water partition coefficient (Wildman–Crippen LogP) is 2.46. The van der Waals surface area contributed by atoms with E-state index in [9.17, 15) is 13.2 Å². The van der Waals surface area contributed by atoms with Gasteiger partial charge in [-0.15, -0.1) is 0 Å². The molecule has 1 aromatic carbocycles. The molecule has 0 radical (unpaired) electrons. The molecule has 0 fully saturated rings. The van der Waals surface area contributed by atoms with E-state index in [4.69, 9.17) is 21.4 Å². The van der Waals surface area contributed by atoms with Crippen LogP contribution in [0.2, 0.25) is 5.02 Å². The zero-order chi connectivity index (χ0) is 14.3. The number of rotatable bonds is 7. The Hall–Kier alpha value is -0.820. The van der Waals surface area contributed by atoms with Crippen LogP contribution in [0.15, 0.2) is 18.2 Å². The molecule has 2 N–H and O–H groups in total. The number of nitrogens with one attached hydrogen (secondary N) is 1. The molecule has 0 aliphatic rings. The fourth-order valence-corrected chi connectivity index (χ4v) is 1.60. The van der Waals surface area contributed by atoms with Crippen molar-refractivity contribution in [3.63, 3.8) is 0 Å². The summed E-state index contributed by atoms with van der Waals surface area (Å²) in [4.78, 5) is 0. The van der Waals surface area contributed by atoms with Crippen LogP contribution in [-0.4, -0.2) is 31.5 Å². The number of halogens is 4. The van der Waals surface area contributed by atoms with Crippen LogP contribution < -0.4 is 5.32 Å². The normalized spacial score (nSPS) is 11.8. The lowest BCUT2D eigenvalue weighted by atomic mass is 10.1. The van der Waals surface area contributed by atoms with E-state index in [1.165, 1.54) is 6.07 Å². The first kappa shape index (κ1) is 16.2. The molecule has 0 aliphatic heterocycles. The molecule has 0 atom stereocenters. The van der Waals surface area contributed by atoms with Gasteiger partial charge < -0.3 is 15.2 Å². The third kappa shape index (κ3) is 5.78. The van der Waals surface area contributed by atoms with Crippen LogP contribution in [0, 0.1) is 0 Å². The number of ether oxygens (including phenoxy) is 1. The second kappa shape index (κ2) is 7.69. The summed E-state index contributed by atoms with van der Waals surface area (Å²) in [6, 6.07) is 3.23. The Morgan fingerprint density at radius 2 is 2.00 bits per heavy atom. The van der Waals surface area contributed by atoms with Crippen LogP contribution in [0.1, 0.15) is 11.1 Å². The molecular formula is C12H15ClF3NO2. The highest BCUT2D eigenvalue weighted by Gasteiger charge is 2.30. The Kier molecular flexibility index (Phi) is 6.57. The molecule has 0 amide bonds. The molecular weight excluding hydrogens is 283 g/mol. The lowest BCUT2D eigenvalue weighted by molar-refractivity contribution is -0.137.